The summed E-state index contributed by atoms with van der Waals surface area (Å²) in [6.07, 6.45) is -5.63. The Bertz CT molecular complexity index is 959. The molecule has 13 heteroatoms. The van der Waals surface area contributed by atoms with Crippen molar-refractivity contribution in [3.05, 3.63) is 27.9 Å². The van der Waals surface area contributed by atoms with Gasteiger partial charge in [-0.15, -0.1) is 0 Å². The van der Waals surface area contributed by atoms with E-state index in [1.54, 1.807) is 0 Å². The molecule has 0 aliphatic rings. The number of hydrogen-bond acceptors (Lipinski definition) is 4. The van der Waals surface area contributed by atoms with E-state index in [4.69, 9.17) is 49.7 Å². The minimum Gasteiger partial charge on any atom is -0.470 e. The Morgan fingerprint density at radius 2 is 1.87 bits per heavy atom. The number of benzene rings is 1. The number of alkyl halides is 6. The lowest BCUT2D eigenvalue weighted by molar-refractivity contribution is -0.137. The minimum atomic E-state index is -4.60. The van der Waals surface area contributed by atoms with Crippen molar-refractivity contribution in [2.75, 3.05) is 6.61 Å². The average Bonchev–Trinajstić information content (AvgIpc) is 2.91. The lowest BCUT2D eigenvalue weighted by atomic mass is 10.0. The highest BCUT2D eigenvalue weighted by Crippen LogP contribution is 2.39. The van der Waals surface area contributed by atoms with E-state index in [1.807, 2.05) is 0 Å². The number of ether oxygens (including phenoxy) is 2. The van der Waals surface area contributed by atoms with Gasteiger partial charge in [0.05, 0.1) is 5.56 Å². The highest BCUT2D eigenvalue weighted by atomic mass is 79.9. The zero-order valence-electron chi connectivity index (χ0n) is 17.2. The zero-order chi connectivity index (χ0) is 23.8. The first-order chi connectivity index (χ1) is 14.0. The highest BCUT2D eigenvalue weighted by molar-refractivity contribution is 9.10. The van der Waals surface area contributed by atoms with Gasteiger partial charge in [0.25, 0.3) is 3.79 Å². The molecule has 0 amide bonds. The zero-order valence-corrected chi connectivity index (χ0v) is 22.1. The van der Waals surface area contributed by atoms with E-state index >= 15 is 0 Å². The molecule has 1 aromatic carbocycles. The Morgan fingerprint density at radius 3 is 2.39 bits per heavy atom. The van der Waals surface area contributed by atoms with Crippen molar-refractivity contribution in [2.45, 2.75) is 55.4 Å². The third-order valence-electron chi connectivity index (χ3n) is 4.34. The quantitative estimate of drug-likeness (QED) is 0.120. The minimum absolute atomic E-state index is 0.0692. The molecule has 5 nitrogen and oxygen atoms in total. The van der Waals surface area contributed by atoms with Gasteiger partial charge in [-0.2, -0.15) is 18.3 Å². The number of fused-ring (bicyclic) bond motifs is 1. The van der Waals surface area contributed by atoms with Crippen LogP contribution in [0.2, 0.25) is 25.7 Å². The number of halogens is 7. The van der Waals surface area contributed by atoms with Crippen LogP contribution in [-0.2, 0) is 22.4 Å². The molecular weight excluding hydrogens is 562 g/mol. The number of nitrogens with one attached hydrogen (secondary N) is 1. The number of rotatable bonds is 7. The van der Waals surface area contributed by atoms with Gasteiger partial charge in [0.2, 0.25) is 5.90 Å². The molecule has 0 radical (unpaired) electrons. The van der Waals surface area contributed by atoms with Crippen molar-refractivity contribution >= 4 is 75.6 Å². The van der Waals surface area contributed by atoms with Gasteiger partial charge < -0.3 is 9.47 Å². The van der Waals surface area contributed by atoms with Gasteiger partial charge in [0, 0.05) is 25.6 Å². The molecule has 0 bridgehead atoms. The van der Waals surface area contributed by atoms with Gasteiger partial charge in [-0.25, -0.2) is 4.68 Å². The molecule has 0 aliphatic carbocycles. The van der Waals surface area contributed by atoms with Crippen LogP contribution in [0.15, 0.2) is 16.7 Å². The first kappa shape index (κ1) is 26.7. The van der Waals surface area contributed by atoms with E-state index in [0.717, 1.165) is 18.2 Å². The summed E-state index contributed by atoms with van der Waals surface area (Å²) < 4.78 is 51.1. The maximum atomic E-state index is 13.5. The Kier molecular flexibility index (Phi) is 8.42. The summed E-state index contributed by atoms with van der Waals surface area (Å²) in [4.78, 5) is 0. The Morgan fingerprint density at radius 1 is 1.26 bits per heavy atom. The van der Waals surface area contributed by atoms with Crippen LogP contribution in [0.4, 0.5) is 13.2 Å². The maximum Gasteiger partial charge on any atom is 0.416 e. The third-order valence-corrected chi connectivity index (χ3v) is 7.39. The second-order valence-corrected chi connectivity index (χ2v) is 16.8. The van der Waals surface area contributed by atoms with E-state index in [-0.39, 0.29) is 23.2 Å². The SMILES string of the molecule is CC(OC(=N)C(Cl)(Cl)Cl)c1cc(C(F)(F)F)cc2c(Br)n(COCC[Si](C)(C)C)nc12. The van der Waals surface area contributed by atoms with Crippen LogP contribution in [0.5, 0.6) is 0 Å². The molecule has 1 atom stereocenters. The molecule has 174 valence electrons. The summed E-state index contributed by atoms with van der Waals surface area (Å²) in [5.41, 5.74) is -0.519. The molecule has 2 rings (SSSR count). The summed E-state index contributed by atoms with van der Waals surface area (Å²) in [5, 5.41) is 12.4. The molecular formula is C18H22BrCl3F3N3O2Si. The van der Waals surface area contributed by atoms with Gasteiger partial charge in [-0.1, -0.05) is 54.4 Å². The molecule has 2 aromatic rings. The second-order valence-electron chi connectivity index (χ2n) is 8.18. The molecule has 0 saturated carbocycles. The largest absolute Gasteiger partial charge is 0.470 e. The summed E-state index contributed by atoms with van der Waals surface area (Å²) in [6, 6.07) is 2.87. The third kappa shape index (κ3) is 7.23. The van der Waals surface area contributed by atoms with Gasteiger partial charge >= 0.3 is 6.18 Å². The standard InChI is InChI=1S/C18H22BrCl3F3N3O2Si/c1-10(30-16(26)17(20,21)22)12-7-11(18(23,24)25)8-13-14(12)27-28(15(13)19)9-29-5-6-31(2,3)4/h7-8,10,26H,5-6,9H2,1-4H3. The van der Waals surface area contributed by atoms with Crippen LogP contribution in [0, 0.1) is 5.41 Å². The van der Waals surface area contributed by atoms with Crippen molar-refractivity contribution in [3.8, 4) is 0 Å². The van der Waals surface area contributed by atoms with E-state index in [2.05, 4.69) is 40.7 Å². The molecule has 1 aromatic heterocycles. The van der Waals surface area contributed by atoms with Crippen molar-refractivity contribution < 1.29 is 22.6 Å². The molecule has 0 aliphatic heterocycles. The van der Waals surface area contributed by atoms with Crippen LogP contribution in [0.25, 0.3) is 10.9 Å². The molecule has 1 N–H and O–H groups in total. The van der Waals surface area contributed by atoms with Gasteiger partial charge in [-0.3, -0.25) is 5.41 Å². The highest BCUT2D eigenvalue weighted by Gasteiger charge is 2.35. The van der Waals surface area contributed by atoms with Crippen molar-refractivity contribution in [1.82, 2.24) is 9.78 Å². The van der Waals surface area contributed by atoms with Crippen LogP contribution in [0.1, 0.15) is 24.2 Å². The summed E-state index contributed by atoms with van der Waals surface area (Å²) >= 11 is 20.2. The fourth-order valence-electron chi connectivity index (χ4n) is 2.62. The van der Waals surface area contributed by atoms with Gasteiger partial charge in [0.1, 0.15) is 23.0 Å². The lowest BCUT2D eigenvalue weighted by Gasteiger charge is -2.20. The number of hydrogen-bond donors (Lipinski definition) is 1. The lowest BCUT2D eigenvalue weighted by Crippen LogP contribution is -2.23. The average molecular weight is 584 g/mol. The van der Waals surface area contributed by atoms with Crippen LogP contribution >= 0.6 is 50.7 Å². The maximum absolute atomic E-state index is 13.5. The Balaban J connectivity index is 2.43. The molecule has 0 saturated heterocycles. The van der Waals surface area contributed by atoms with Gasteiger partial charge in [-0.05, 0) is 41.0 Å². The van der Waals surface area contributed by atoms with Crippen LogP contribution < -0.4 is 0 Å². The van der Waals surface area contributed by atoms with E-state index in [0.29, 0.717) is 11.2 Å². The fraction of sp³-hybridized carbons (Fsp3) is 0.556. The summed E-state index contributed by atoms with van der Waals surface area (Å²) in [7, 11) is -1.28. The normalized spacial score (nSPS) is 14.2. The molecule has 0 fully saturated rings. The topological polar surface area (TPSA) is 60.1 Å². The van der Waals surface area contributed by atoms with E-state index < -0.39 is 35.6 Å². The number of aromatic nitrogens is 2. The van der Waals surface area contributed by atoms with Crippen molar-refractivity contribution in [2.24, 2.45) is 0 Å². The second kappa shape index (κ2) is 9.76. The summed E-state index contributed by atoms with van der Waals surface area (Å²) in [5.74, 6) is -0.705. The first-order valence-electron chi connectivity index (χ1n) is 9.18. The monoisotopic (exact) mass is 581 g/mol. The molecule has 31 heavy (non-hydrogen) atoms. The number of nitrogens with zero attached hydrogens (tertiary/aromatic N) is 2. The van der Waals surface area contributed by atoms with E-state index in [1.165, 1.54) is 11.6 Å². The Hall–Kier alpha value is -0.523. The smallest absolute Gasteiger partial charge is 0.416 e. The molecule has 1 heterocycles. The summed E-state index contributed by atoms with van der Waals surface area (Å²) in [6.45, 7) is 8.71. The fourth-order valence-corrected chi connectivity index (χ4v) is 4.00. The molecule has 0 spiro atoms. The van der Waals surface area contributed by atoms with Crippen LogP contribution in [0.3, 0.4) is 0 Å². The predicted octanol–water partition coefficient (Wildman–Crippen LogP) is 7.55. The first-order valence-corrected chi connectivity index (χ1v) is 14.8. The Labute approximate surface area is 202 Å². The van der Waals surface area contributed by atoms with Crippen molar-refractivity contribution in [3.63, 3.8) is 0 Å². The van der Waals surface area contributed by atoms with Gasteiger partial charge in [0.15, 0.2) is 0 Å². The van der Waals surface area contributed by atoms with Crippen LogP contribution in [-0.4, -0.2) is 34.2 Å². The predicted molar refractivity (Wildman–Crippen MR) is 124 cm³/mol. The van der Waals surface area contributed by atoms with E-state index in [9.17, 15) is 13.2 Å². The molecule has 1 unspecified atom stereocenters. The van der Waals surface area contributed by atoms with Crippen molar-refractivity contribution in [1.29, 1.82) is 5.41 Å².